The van der Waals surface area contributed by atoms with Gasteiger partial charge in [-0.3, -0.25) is 0 Å². The number of nitrogens with one attached hydrogen (secondary N) is 1. The number of rotatable bonds is 6. The molecule has 0 amide bonds. The van der Waals surface area contributed by atoms with Crippen molar-refractivity contribution in [1.29, 1.82) is 0 Å². The predicted octanol–water partition coefficient (Wildman–Crippen LogP) is 3.84. The van der Waals surface area contributed by atoms with Crippen LogP contribution in [0.25, 0.3) is 0 Å². The van der Waals surface area contributed by atoms with Crippen LogP contribution in [0.4, 0.5) is 5.69 Å². The highest BCUT2D eigenvalue weighted by Crippen LogP contribution is 2.21. The molecule has 0 aliphatic carbocycles. The second-order valence-electron chi connectivity index (χ2n) is 4.54. The number of aromatic carboxylic acids is 1. The van der Waals surface area contributed by atoms with E-state index in [4.69, 9.17) is 21.4 Å². The molecule has 2 aromatic rings. The molecule has 0 fully saturated rings. The molecule has 0 spiro atoms. The van der Waals surface area contributed by atoms with Crippen LogP contribution in [0.3, 0.4) is 0 Å². The SMILES string of the molecule is Cc1cc(OCCNc2ccccc2C(=O)O)ccc1Cl. The zero-order valence-corrected chi connectivity index (χ0v) is 12.4. The Balaban J connectivity index is 1.87. The molecule has 0 heterocycles. The van der Waals surface area contributed by atoms with Crippen molar-refractivity contribution in [3.63, 3.8) is 0 Å². The Hall–Kier alpha value is -2.20. The lowest BCUT2D eigenvalue weighted by Crippen LogP contribution is -2.13. The summed E-state index contributed by atoms with van der Waals surface area (Å²) in [6.07, 6.45) is 0. The third kappa shape index (κ3) is 4.13. The predicted molar refractivity (Wildman–Crippen MR) is 83.6 cm³/mol. The number of halogens is 1. The second-order valence-corrected chi connectivity index (χ2v) is 4.94. The maximum atomic E-state index is 11.1. The lowest BCUT2D eigenvalue weighted by Gasteiger charge is -2.11. The minimum absolute atomic E-state index is 0.250. The van der Waals surface area contributed by atoms with Crippen molar-refractivity contribution < 1.29 is 14.6 Å². The third-order valence-electron chi connectivity index (χ3n) is 2.97. The molecule has 4 nitrogen and oxygen atoms in total. The van der Waals surface area contributed by atoms with Gasteiger partial charge in [0.1, 0.15) is 12.4 Å². The molecule has 0 bridgehead atoms. The van der Waals surface area contributed by atoms with E-state index in [0.717, 1.165) is 11.3 Å². The first-order valence-corrected chi connectivity index (χ1v) is 6.91. The van der Waals surface area contributed by atoms with Crippen LogP contribution in [-0.4, -0.2) is 24.2 Å². The van der Waals surface area contributed by atoms with Crippen LogP contribution in [0.1, 0.15) is 15.9 Å². The Kier molecular flexibility index (Phi) is 5.06. The molecular formula is C16H16ClNO3. The summed E-state index contributed by atoms with van der Waals surface area (Å²) in [5, 5.41) is 12.8. The number of carboxylic acid groups (broad SMARTS) is 1. The second kappa shape index (κ2) is 6.99. The van der Waals surface area contributed by atoms with Gasteiger partial charge in [-0.2, -0.15) is 0 Å². The Labute approximate surface area is 128 Å². The Morgan fingerprint density at radius 3 is 2.76 bits per heavy atom. The highest BCUT2D eigenvalue weighted by atomic mass is 35.5. The van der Waals surface area contributed by atoms with Gasteiger partial charge in [-0.05, 0) is 42.8 Å². The number of carbonyl (C=O) groups is 1. The fraction of sp³-hybridized carbons (Fsp3) is 0.188. The van der Waals surface area contributed by atoms with E-state index < -0.39 is 5.97 Å². The van der Waals surface area contributed by atoms with Crippen molar-refractivity contribution in [2.75, 3.05) is 18.5 Å². The molecule has 5 heteroatoms. The molecule has 0 aliphatic heterocycles. The zero-order chi connectivity index (χ0) is 15.2. The van der Waals surface area contributed by atoms with Crippen molar-refractivity contribution in [1.82, 2.24) is 0 Å². The van der Waals surface area contributed by atoms with Crippen LogP contribution in [0.2, 0.25) is 5.02 Å². The minimum Gasteiger partial charge on any atom is -0.492 e. The number of carboxylic acids is 1. The highest BCUT2D eigenvalue weighted by molar-refractivity contribution is 6.31. The van der Waals surface area contributed by atoms with Crippen LogP contribution in [0.5, 0.6) is 5.75 Å². The number of anilines is 1. The van der Waals surface area contributed by atoms with Crippen LogP contribution >= 0.6 is 11.6 Å². The van der Waals surface area contributed by atoms with Crippen LogP contribution < -0.4 is 10.1 Å². The van der Waals surface area contributed by atoms with Gasteiger partial charge in [0.15, 0.2) is 0 Å². The summed E-state index contributed by atoms with van der Waals surface area (Å²) >= 11 is 5.95. The first kappa shape index (κ1) is 15.2. The number of hydrogen-bond donors (Lipinski definition) is 2. The largest absolute Gasteiger partial charge is 0.492 e. The average Bonchev–Trinajstić information content (AvgIpc) is 2.47. The summed E-state index contributed by atoms with van der Waals surface area (Å²) in [7, 11) is 0. The van der Waals surface area contributed by atoms with Crippen LogP contribution in [0, 0.1) is 6.92 Å². The molecule has 2 aromatic carbocycles. The Bertz CT molecular complexity index is 643. The smallest absolute Gasteiger partial charge is 0.337 e. The van der Waals surface area contributed by atoms with E-state index in [2.05, 4.69) is 5.32 Å². The van der Waals surface area contributed by atoms with Gasteiger partial charge < -0.3 is 15.2 Å². The number of aryl methyl sites for hydroxylation is 1. The summed E-state index contributed by atoms with van der Waals surface area (Å²) in [4.78, 5) is 11.1. The van der Waals surface area contributed by atoms with Gasteiger partial charge in [-0.25, -0.2) is 4.79 Å². The molecule has 0 unspecified atom stereocenters. The number of ether oxygens (including phenoxy) is 1. The van der Waals surface area contributed by atoms with Crippen molar-refractivity contribution in [3.05, 3.63) is 58.6 Å². The molecule has 0 aromatic heterocycles. The van der Waals surface area contributed by atoms with Crippen molar-refractivity contribution in [2.45, 2.75) is 6.92 Å². The molecule has 0 saturated carbocycles. The topological polar surface area (TPSA) is 58.6 Å². The number of para-hydroxylation sites is 1. The van der Waals surface area contributed by atoms with E-state index in [1.807, 2.05) is 13.0 Å². The molecular weight excluding hydrogens is 290 g/mol. The maximum Gasteiger partial charge on any atom is 0.337 e. The van der Waals surface area contributed by atoms with E-state index in [1.165, 1.54) is 0 Å². The van der Waals surface area contributed by atoms with Crippen molar-refractivity contribution >= 4 is 23.3 Å². The average molecular weight is 306 g/mol. The Morgan fingerprint density at radius 2 is 2.05 bits per heavy atom. The summed E-state index contributed by atoms with van der Waals surface area (Å²) in [6, 6.07) is 12.2. The van der Waals surface area contributed by atoms with Gasteiger partial charge >= 0.3 is 5.97 Å². The summed E-state index contributed by atoms with van der Waals surface area (Å²) in [5.74, 6) is -0.211. The maximum absolute atomic E-state index is 11.1. The lowest BCUT2D eigenvalue weighted by atomic mass is 10.2. The van der Waals surface area contributed by atoms with Gasteiger partial charge in [0.25, 0.3) is 0 Å². The molecule has 0 atom stereocenters. The zero-order valence-electron chi connectivity index (χ0n) is 11.6. The lowest BCUT2D eigenvalue weighted by molar-refractivity contribution is 0.0698. The van der Waals surface area contributed by atoms with E-state index in [9.17, 15) is 4.79 Å². The van der Waals surface area contributed by atoms with Gasteiger partial charge in [0.2, 0.25) is 0 Å². The van der Waals surface area contributed by atoms with Gasteiger partial charge in [-0.15, -0.1) is 0 Å². The highest BCUT2D eigenvalue weighted by Gasteiger charge is 2.08. The normalized spacial score (nSPS) is 10.2. The summed E-state index contributed by atoms with van der Waals surface area (Å²) in [6.45, 7) is 2.84. The first-order valence-electron chi connectivity index (χ1n) is 6.53. The van der Waals surface area contributed by atoms with E-state index in [1.54, 1.807) is 36.4 Å². The fourth-order valence-electron chi connectivity index (χ4n) is 1.89. The van der Waals surface area contributed by atoms with Crippen molar-refractivity contribution in [2.24, 2.45) is 0 Å². The van der Waals surface area contributed by atoms with Crippen LogP contribution in [0.15, 0.2) is 42.5 Å². The molecule has 2 N–H and O–H groups in total. The third-order valence-corrected chi connectivity index (χ3v) is 3.40. The van der Waals surface area contributed by atoms with Crippen LogP contribution in [-0.2, 0) is 0 Å². The Morgan fingerprint density at radius 1 is 1.29 bits per heavy atom. The quantitative estimate of drug-likeness (QED) is 0.796. The standard InChI is InChI=1S/C16H16ClNO3/c1-11-10-12(6-7-14(11)17)21-9-8-18-15-5-3-2-4-13(15)16(19)20/h2-7,10,18H,8-9H2,1H3,(H,19,20). The first-order chi connectivity index (χ1) is 10.1. The monoisotopic (exact) mass is 305 g/mol. The van der Waals surface area contributed by atoms with Gasteiger partial charge in [0.05, 0.1) is 5.56 Å². The fourth-order valence-corrected chi connectivity index (χ4v) is 2.00. The minimum atomic E-state index is -0.952. The number of benzene rings is 2. The van der Waals surface area contributed by atoms with E-state index in [-0.39, 0.29) is 5.56 Å². The van der Waals surface area contributed by atoms with E-state index in [0.29, 0.717) is 23.9 Å². The number of hydrogen-bond acceptors (Lipinski definition) is 3. The summed E-state index contributed by atoms with van der Waals surface area (Å²) in [5.41, 5.74) is 1.79. The van der Waals surface area contributed by atoms with Crippen molar-refractivity contribution in [3.8, 4) is 5.75 Å². The molecule has 110 valence electrons. The summed E-state index contributed by atoms with van der Waals surface area (Å²) < 4.78 is 5.60. The van der Waals surface area contributed by atoms with E-state index >= 15 is 0 Å². The van der Waals surface area contributed by atoms with Gasteiger partial charge in [0, 0.05) is 17.3 Å². The molecule has 0 aliphatic rings. The molecule has 2 rings (SSSR count). The molecule has 0 radical (unpaired) electrons. The molecule has 0 saturated heterocycles. The molecule has 21 heavy (non-hydrogen) atoms. The van der Waals surface area contributed by atoms with Gasteiger partial charge in [-0.1, -0.05) is 23.7 Å².